The molecule has 7 heteroatoms. The van der Waals surface area contributed by atoms with E-state index in [1.807, 2.05) is 0 Å². The summed E-state index contributed by atoms with van der Waals surface area (Å²) in [7, 11) is 0. The number of aromatic nitrogens is 3. The molecule has 315 valence electrons. The van der Waals surface area contributed by atoms with E-state index in [1.165, 1.54) is 96.5 Å². The van der Waals surface area contributed by atoms with Crippen molar-refractivity contribution < 1.29 is 0 Å². The number of aryl methyl sites for hydroxylation is 3. The molecule has 3 nitrogen and oxygen atoms in total. The molecular weight excluding hydrogens is 870 g/mol. The highest BCUT2D eigenvalue weighted by molar-refractivity contribution is 7.19. The summed E-state index contributed by atoms with van der Waals surface area (Å²) in [5.74, 6) is 0. The topological polar surface area (TPSA) is 38.7 Å². The molecule has 0 saturated heterocycles. The zero-order valence-electron chi connectivity index (χ0n) is 37.0. The van der Waals surface area contributed by atoms with Gasteiger partial charge in [-0.1, -0.05) is 127 Å². The molecule has 0 atom stereocenters. The molecule has 0 N–H and O–H groups in total. The maximum atomic E-state index is 4.91. The summed E-state index contributed by atoms with van der Waals surface area (Å²) >= 11 is 5.26. The minimum Gasteiger partial charge on any atom is -0.241 e. The molecule has 13 aromatic rings. The van der Waals surface area contributed by atoms with Crippen LogP contribution in [0.4, 0.5) is 0 Å². The number of benzene rings is 10. The van der Waals surface area contributed by atoms with Gasteiger partial charge < -0.3 is 0 Å². The number of rotatable bonds is 6. The highest BCUT2D eigenvalue weighted by Crippen LogP contribution is 2.44. The predicted molar refractivity (Wildman–Crippen MR) is 291 cm³/mol. The number of hydrogen-bond acceptors (Lipinski definition) is 6. The van der Waals surface area contributed by atoms with Crippen molar-refractivity contribution in [2.75, 3.05) is 0 Å². The molecule has 0 aliphatic rings. The van der Waals surface area contributed by atoms with Crippen LogP contribution in [0.15, 0.2) is 182 Å². The molecule has 0 fully saturated rings. The second-order valence-corrected chi connectivity index (χ2v) is 20.9. The molecule has 3 radical (unpaired) electrons. The minimum atomic E-state index is 0. The smallest absolute Gasteiger partial charge is 0.0908 e. The Morgan fingerprint density at radius 3 is 0.836 bits per heavy atom. The first-order chi connectivity index (χ1) is 32.4. The quantitative estimate of drug-likeness (QED) is 0.156. The van der Waals surface area contributed by atoms with Crippen molar-refractivity contribution in [2.24, 2.45) is 0 Å². The van der Waals surface area contributed by atoms with E-state index in [4.69, 9.17) is 15.0 Å². The van der Waals surface area contributed by atoms with Gasteiger partial charge >= 0.3 is 0 Å². The van der Waals surface area contributed by atoms with Crippen LogP contribution in [0, 0.1) is 20.8 Å². The van der Waals surface area contributed by atoms with E-state index in [1.54, 1.807) is 34.0 Å². The third-order valence-electron chi connectivity index (χ3n) is 13.0. The number of thiazole rings is 3. The monoisotopic (exact) mass is 908 g/mol. The molecular formula is C60H39BN3S3. The summed E-state index contributed by atoms with van der Waals surface area (Å²) in [6.45, 7) is 6.26. The summed E-state index contributed by atoms with van der Waals surface area (Å²) in [6, 6.07) is 67.8. The van der Waals surface area contributed by atoms with Crippen LogP contribution in [-0.2, 0) is 0 Å². The van der Waals surface area contributed by atoms with Gasteiger partial charge in [0.15, 0.2) is 0 Å². The molecule has 0 saturated carbocycles. The van der Waals surface area contributed by atoms with E-state index in [2.05, 4.69) is 203 Å². The van der Waals surface area contributed by atoms with Gasteiger partial charge in [0.25, 0.3) is 0 Å². The lowest BCUT2D eigenvalue weighted by Crippen LogP contribution is -1.92. The highest BCUT2D eigenvalue weighted by Gasteiger charge is 2.18. The molecule has 0 spiro atoms. The average molecular weight is 909 g/mol. The van der Waals surface area contributed by atoms with Crippen LogP contribution in [0.1, 0.15) is 15.0 Å². The maximum absolute atomic E-state index is 4.91. The van der Waals surface area contributed by atoms with Gasteiger partial charge in [-0.15, -0.1) is 34.0 Å². The van der Waals surface area contributed by atoms with E-state index >= 15 is 0 Å². The average Bonchev–Trinajstić information content (AvgIpc) is 4.07. The van der Waals surface area contributed by atoms with Crippen molar-refractivity contribution in [3.63, 3.8) is 0 Å². The summed E-state index contributed by atoms with van der Waals surface area (Å²) in [6.07, 6.45) is 0. The van der Waals surface area contributed by atoms with Crippen LogP contribution in [0.2, 0.25) is 0 Å². The van der Waals surface area contributed by atoms with Crippen molar-refractivity contribution in [1.82, 2.24) is 15.0 Å². The first kappa shape index (κ1) is 41.2. The lowest BCUT2D eigenvalue weighted by atomic mass is 9.86. The highest BCUT2D eigenvalue weighted by atomic mass is 32.1. The van der Waals surface area contributed by atoms with Crippen LogP contribution in [0.25, 0.3) is 130 Å². The SMILES string of the molecule is Cc1nc2c(ccc3cc(-c4ccccc4-c4cc(-c5ccccc5-c5ccc6c(ccc7sc(C)nc76)c5)cc(-c5ccccc5-c5ccc6c(ccc7sc(C)nc76)c5)c4)ccc32)s1.[B]. The fourth-order valence-electron chi connectivity index (χ4n) is 10.0. The van der Waals surface area contributed by atoms with Gasteiger partial charge in [0.2, 0.25) is 0 Å². The zero-order valence-corrected chi connectivity index (χ0v) is 39.4. The van der Waals surface area contributed by atoms with E-state index in [9.17, 15) is 0 Å². The lowest BCUT2D eigenvalue weighted by molar-refractivity contribution is 1.35. The second kappa shape index (κ2) is 16.2. The second-order valence-electron chi connectivity index (χ2n) is 17.2. The Morgan fingerprint density at radius 2 is 0.552 bits per heavy atom. The van der Waals surface area contributed by atoms with Crippen molar-refractivity contribution in [3.8, 4) is 66.8 Å². The van der Waals surface area contributed by atoms with Gasteiger partial charge in [-0.05, 0) is 158 Å². The number of nitrogens with zero attached hydrogens (tertiary/aromatic N) is 3. The molecule has 0 bridgehead atoms. The third kappa shape index (κ3) is 7.05. The normalized spacial score (nSPS) is 11.7. The molecule has 0 aliphatic heterocycles. The molecule has 3 heterocycles. The van der Waals surface area contributed by atoms with E-state index < -0.39 is 0 Å². The molecule has 0 unspecified atom stereocenters. The minimum absolute atomic E-state index is 0. The Bertz CT molecular complexity index is 3690. The molecule has 67 heavy (non-hydrogen) atoms. The van der Waals surface area contributed by atoms with Gasteiger partial charge in [-0.3, -0.25) is 0 Å². The van der Waals surface area contributed by atoms with Crippen molar-refractivity contribution in [3.05, 3.63) is 197 Å². The molecule has 0 aliphatic carbocycles. The fourth-order valence-corrected chi connectivity index (χ4v) is 12.6. The zero-order chi connectivity index (χ0) is 44.0. The lowest BCUT2D eigenvalue weighted by Gasteiger charge is -2.18. The molecule has 3 aromatic heterocycles. The fraction of sp³-hybridized carbons (Fsp3) is 0.0500. The molecule has 13 rings (SSSR count). The summed E-state index contributed by atoms with van der Waals surface area (Å²) in [5, 5.41) is 10.4. The Kier molecular flexibility index (Phi) is 9.98. The van der Waals surface area contributed by atoms with Crippen LogP contribution in [0.5, 0.6) is 0 Å². The van der Waals surface area contributed by atoms with Gasteiger partial charge in [0.05, 0.1) is 45.7 Å². The summed E-state index contributed by atoms with van der Waals surface area (Å²) in [5.41, 5.74) is 17.4. The van der Waals surface area contributed by atoms with Crippen LogP contribution in [0.3, 0.4) is 0 Å². The van der Waals surface area contributed by atoms with Crippen LogP contribution < -0.4 is 0 Å². The van der Waals surface area contributed by atoms with Crippen molar-refractivity contribution >= 4 is 105 Å². The Labute approximate surface area is 402 Å². The van der Waals surface area contributed by atoms with Gasteiger partial charge in [-0.2, -0.15) is 0 Å². The first-order valence-corrected chi connectivity index (χ1v) is 24.7. The molecule has 0 amide bonds. The van der Waals surface area contributed by atoms with Crippen LogP contribution in [-0.4, -0.2) is 23.4 Å². The van der Waals surface area contributed by atoms with Crippen LogP contribution >= 0.6 is 34.0 Å². The van der Waals surface area contributed by atoms with E-state index in [0.717, 1.165) is 48.3 Å². The van der Waals surface area contributed by atoms with Crippen molar-refractivity contribution in [1.29, 1.82) is 0 Å². The third-order valence-corrected chi connectivity index (χ3v) is 15.8. The van der Waals surface area contributed by atoms with Gasteiger partial charge in [-0.25, -0.2) is 15.0 Å². The standard InChI is InChI=1S/C60H39N3S3.B/c1-34-61-58-52-22-16-37(28-40(52)19-25-55(58)64-34)46-10-4-7-13-49(46)43-31-44(50-14-8-5-11-47(50)38-17-23-53-41(29-38)20-26-56-59(53)62-35(2)65-56)33-45(32-43)51-15-9-6-12-48(51)39-18-24-54-42(30-39)21-27-57-60(54)63-36(3)66-57;/h4-33H,1-3H3;. The Hall–Kier alpha value is -7.29. The first-order valence-electron chi connectivity index (χ1n) is 22.2. The van der Waals surface area contributed by atoms with E-state index in [0.29, 0.717) is 0 Å². The Morgan fingerprint density at radius 1 is 0.284 bits per heavy atom. The summed E-state index contributed by atoms with van der Waals surface area (Å²) < 4.78 is 3.68. The van der Waals surface area contributed by atoms with E-state index in [-0.39, 0.29) is 8.41 Å². The van der Waals surface area contributed by atoms with Gasteiger partial charge in [0, 0.05) is 24.6 Å². The largest absolute Gasteiger partial charge is 0.241 e. The number of fused-ring (bicyclic) bond motifs is 9. The summed E-state index contributed by atoms with van der Waals surface area (Å²) in [4.78, 5) is 14.7. The predicted octanol–water partition coefficient (Wildman–Crippen LogP) is 17.5. The Balaban J connectivity index is 0.00000468. The van der Waals surface area contributed by atoms with Gasteiger partial charge in [0.1, 0.15) is 0 Å². The molecule has 10 aromatic carbocycles. The van der Waals surface area contributed by atoms with Crippen molar-refractivity contribution in [2.45, 2.75) is 20.8 Å². The number of hydrogen-bond donors (Lipinski definition) is 0. The maximum Gasteiger partial charge on any atom is 0.0908 e.